The molecule has 1 heterocycles. The van der Waals surface area contributed by atoms with Gasteiger partial charge in [-0.3, -0.25) is 4.79 Å². The zero-order chi connectivity index (χ0) is 13.2. The maximum atomic E-state index is 12.6. The highest BCUT2D eigenvalue weighted by Crippen LogP contribution is 2.33. The summed E-state index contributed by atoms with van der Waals surface area (Å²) in [5.41, 5.74) is 6.00. The smallest absolute Gasteiger partial charge is 0.227 e. The zero-order valence-corrected chi connectivity index (χ0v) is 12.9. The van der Waals surface area contributed by atoms with Crippen LogP contribution in [-0.2, 0) is 9.53 Å². The Bertz CT molecular complexity index is 302. The minimum absolute atomic E-state index is 0. The summed E-state index contributed by atoms with van der Waals surface area (Å²) in [5.74, 6) is 0.291. The van der Waals surface area contributed by atoms with Gasteiger partial charge in [-0.2, -0.15) is 0 Å². The molecule has 0 aromatic rings. The third-order valence-corrected chi connectivity index (χ3v) is 4.64. The van der Waals surface area contributed by atoms with Gasteiger partial charge in [-0.1, -0.05) is 12.8 Å². The molecule has 5 heteroatoms. The number of ether oxygens (including phenoxy) is 1. The molecular formula is C14H27ClN2O2. The normalized spacial score (nSPS) is 32.8. The fourth-order valence-corrected chi connectivity index (χ4v) is 3.30. The van der Waals surface area contributed by atoms with Crippen molar-refractivity contribution in [2.24, 2.45) is 11.7 Å². The summed E-state index contributed by atoms with van der Waals surface area (Å²) in [6.45, 7) is 3.68. The van der Waals surface area contributed by atoms with Crippen LogP contribution in [0.1, 0.15) is 45.4 Å². The lowest BCUT2D eigenvalue weighted by atomic mass is 9.74. The second-order valence-electron chi connectivity index (χ2n) is 6.06. The molecule has 2 unspecified atom stereocenters. The Labute approximate surface area is 122 Å². The van der Waals surface area contributed by atoms with Crippen LogP contribution in [0.5, 0.6) is 0 Å². The van der Waals surface area contributed by atoms with E-state index in [4.69, 9.17) is 10.5 Å². The van der Waals surface area contributed by atoms with Gasteiger partial charge in [0.2, 0.25) is 5.91 Å². The average molecular weight is 291 g/mol. The maximum Gasteiger partial charge on any atom is 0.227 e. The number of methoxy groups -OCH3 is 1. The minimum atomic E-state index is -0.312. The van der Waals surface area contributed by atoms with Crippen LogP contribution in [0.3, 0.4) is 0 Å². The summed E-state index contributed by atoms with van der Waals surface area (Å²) in [5, 5.41) is 0. The van der Waals surface area contributed by atoms with E-state index in [1.54, 1.807) is 7.11 Å². The van der Waals surface area contributed by atoms with Gasteiger partial charge in [0.15, 0.2) is 0 Å². The van der Waals surface area contributed by atoms with Gasteiger partial charge in [-0.15, -0.1) is 12.4 Å². The second kappa shape index (κ2) is 6.91. The molecule has 2 rings (SSSR count). The highest BCUT2D eigenvalue weighted by Gasteiger charge is 2.40. The number of rotatable bonds is 2. The van der Waals surface area contributed by atoms with Crippen molar-refractivity contribution in [1.82, 2.24) is 4.90 Å². The summed E-state index contributed by atoms with van der Waals surface area (Å²) in [4.78, 5) is 14.6. The van der Waals surface area contributed by atoms with Gasteiger partial charge in [0.25, 0.3) is 0 Å². The molecule has 1 aliphatic carbocycles. The topological polar surface area (TPSA) is 55.6 Å². The van der Waals surface area contributed by atoms with Crippen LogP contribution in [0, 0.1) is 5.92 Å². The van der Waals surface area contributed by atoms with Gasteiger partial charge < -0.3 is 15.4 Å². The molecule has 1 saturated heterocycles. The lowest BCUT2D eigenvalue weighted by molar-refractivity contribution is -0.141. The molecule has 0 bridgehead atoms. The minimum Gasteiger partial charge on any atom is -0.381 e. The Morgan fingerprint density at radius 2 is 1.89 bits per heavy atom. The molecule has 0 aromatic heterocycles. The van der Waals surface area contributed by atoms with E-state index in [2.05, 4.69) is 0 Å². The quantitative estimate of drug-likeness (QED) is 0.846. The van der Waals surface area contributed by atoms with Crippen molar-refractivity contribution in [3.8, 4) is 0 Å². The first kappa shape index (κ1) is 16.7. The second-order valence-corrected chi connectivity index (χ2v) is 6.06. The highest BCUT2D eigenvalue weighted by atomic mass is 35.5. The number of carbonyl (C=O) groups excluding carboxylic acids is 1. The van der Waals surface area contributed by atoms with Crippen molar-refractivity contribution in [3.63, 3.8) is 0 Å². The van der Waals surface area contributed by atoms with E-state index in [0.717, 1.165) is 51.6 Å². The molecular weight excluding hydrogens is 264 g/mol. The van der Waals surface area contributed by atoms with E-state index in [1.165, 1.54) is 0 Å². The van der Waals surface area contributed by atoms with E-state index in [1.807, 2.05) is 11.8 Å². The fourth-order valence-electron chi connectivity index (χ4n) is 3.30. The lowest BCUT2D eigenvalue weighted by Gasteiger charge is -2.41. The van der Waals surface area contributed by atoms with E-state index in [0.29, 0.717) is 6.10 Å². The van der Waals surface area contributed by atoms with Gasteiger partial charge in [0.1, 0.15) is 0 Å². The van der Waals surface area contributed by atoms with Gasteiger partial charge in [-0.05, 0) is 32.6 Å². The van der Waals surface area contributed by atoms with E-state index >= 15 is 0 Å². The molecule has 2 fully saturated rings. The first-order chi connectivity index (χ1) is 8.54. The van der Waals surface area contributed by atoms with Gasteiger partial charge in [-0.25, -0.2) is 0 Å². The Hall–Kier alpha value is -0.320. The maximum absolute atomic E-state index is 12.6. The van der Waals surface area contributed by atoms with Gasteiger partial charge >= 0.3 is 0 Å². The van der Waals surface area contributed by atoms with Crippen molar-refractivity contribution in [1.29, 1.82) is 0 Å². The molecule has 1 saturated carbocycles. The highest BCUT2D eigenvalue weighted by molar-refractivity contribution is 5.85. The Kier molecular flexibility index (Phi) is 6.09. The molecule has 19 heavy (non-hydrogen) atoms. The number of nitrogens with two attached hydrogens (primary N) is 1. The average Bonchev–Trinajstić information content (AvgIpc) is 2.37. The Morgan fingerprint density at radius 1 is 1.26 bits per heavy atom. The van der Waals surface area contributed by atoms with Crippen LogP contribution in [0.25, 0.3) is 0 Å². The molecule has 4 nitrogen and oxygen atoms in total. The summed E-state index contributed by atoms with van der Waals surface area (Å²) < 4.78 is 5.34. The Balaban J connectivity index is 0.00000180. The van der Waals surface area contributed by atoms with Crippen molar-refractivity contribution < 1.29 is 9.53 Å². The third-order valence-electron chi connectivity index (χ3n) is 4.64. The van der Waals surface area contributed by atoms with Gasteiger partial charge in [0, 0.05) is 25.7 Å². The third kappa shape index (κ3) is 3.83. The standard InChI is InChI=1S/C14H26N2O2.ClH/c1-14(15)8-4-3-5-12(14)13(17)16-9-6-11(18-2)7-10-16;/h11-12H,3-10,15H2,1-2H3;1H. The number of hydrogen-bond acceptors (Lipinski definition) is 3. The zero-order valence-electron chi connectivity index (χ0n) is 12.1. The first-order valence-electron chi connectivity index (χ1n) is 7.15. The molecule has 0 spiro atoms. The summed E-state index contributed by atoms with van der Waals surface area (Å²) in [7, 11) is 1.75. The molecule has 2 atom stereocenters. The number of piperidine rings is 1. The molecule has 1 aliphatic heterocycles. The SMILES string of the molecule is COC1CCN(C(=O)C2CCCCC2(C)N)CC1.Cl. The largest absolute Gasteiger partial charge is 0.381 e. The molecule has 1 amide bonds. The Morgan fingerprint density at radius 3 is 2.42 bits per heavy atom. The van der Waals surface area contributed by atoms with E-state index < -0.39 is 0 Å². The van der Waals surface area contributed by atoms with Crippen LogP contribution in [0.4, 0.5) is 0 Å². The summed E-state index contributed by atoms with van der Waals surface area (Å²) >= 11 is 0. The molecule has 2 N–H and O–H groups in total. The predicted octanol–water partition coefficient (Wildman–Crippen LogP) is 1.95. The fraction of sp³-hybridized carbons (Fsp3) is 0.929. The van der Waals surface area contributed by atoms with Crippen LogP contribution in [-0.4, -0.2) is 42.6 Å². The molecule has 2 aliphatic rings. The van der Waals surface area contributed by atoms with Crippen LogP contribution in [0.15, 0.2) is 0 Å². The summed E-state index contributed by atoms with van der Waals surface area (Å²) in [6.07, 6.45) is 6.45. The monoisotopic (exact) mass is 290 g/mol. The van der Waals surface area contributed by atoms with Crippen LogP contribution in [0.2, 0.25) is 0 Å². The van der Waals surface area contributed by atoms with E-state index in [9.17, 15) is 4.79 Å². The number of carbonyl (C=O) groups is 1. The predicted molar refractivity (Wildman–Crippen MR) is 78.4 cm³/mol. The molecule has 112 valence electrons. The lowest BCUT2D eigenvalue weighted by Crippen LogP contribution is -2.55. The van der Waals surface area contributed by atoms with Crippen molar-refractivity contribution in [2.45, 2.75) is 57.1 Å². The van der Waals surface area contributed by atoms with Crippen molar-refractivity contribution in [3.05, 3.63) is 0 Å². The number of amides is 1. The van der Waals surface area contributed by atoms with Crippen molar-refractivity contribution >= 4 is 18.3 Å². The molecule has 0 radical (unpaired) electrons. The number of nitrogens with zero attached hydrogens (tertiary/aromatic N) is 1. The number of halogens is 1. The van der Waals surface area contributed by atoms with Crippen molar-refractivity contribution in [2.75, 3.05) is 20.2 Å². The number of likely N-dealkylation sites (tertiary alicyclic amines) is 1. The summed E-state index contributed by atoms with van der Waals surface area (Å²) in [6, 6.07) is 0. The first-order valence-corrected chi connectivity index (χ1v) is 7.15. The molecule has 0 aromatic carbocycles. The number of hydrogen-bond donors (Lipinski definition) is 1. The van der Waals surface area contributed by atoms with Crippen LogP contribution < -0.4 is 5.73 Å². The van der Waals surface area contributed by atoms with Crippen LogP contribution >= 0.6 is 12.4 Å². The van der Waals surface area contributed by atoms with Gasteiger partial charge in [0.05, 0.1) is 12.0 Å². The van der Waals surface area contributed by atoms with E-state index in [-0.39, 0.29) is 29.8 Å².